The Morgan fingerprint density at radius 2 is 2.11 bits per heavy atom. The molecule has 1 atom stereocenters. The SMILES string of the molecule is NC(c1ccc2c(c1)CCCS2)N1CCNCC1. The molecule has 18 heavy (non-hydrogen) atoms. The molecule has 4 heteroatoms. The number of thioether (sulfide) groups is 1. The standard InChI is InChI=1S/C14H21N3S/c15-14(17-7-5-16-6-8-17)12-3-4-13-11(10-12)2-1-9-18-13/h3-4,10,14,16H,1-2,5-9,15H2. The molecule has 2 aliphatic rings. The molecule has 2 aliphatic heterocycles. The van der Waals surface area contributed by atoms with Crippen molar-refractivity contribution < 1.29 is 0 Å². The monoisotopic (exact) mass is 263 g/mol. The first-order chi connectivity index (χ1) is 8.84. The van der Waals surface area contributed by atoms with Crippen molar-refractivity contribution in [3.63, 3.8) is 0 Å². The van der Waals surface area contributed by atoms with Gasteiger partial charge in [0, 0.05) is 31.1 Å². The lowest BCUT2D eigenvalue weighted by Crippen LogP contribution is -2.47. The number of piperazine rings is 1. The van der Waals surface area contributed by atoms with Gasteiger partial charge in [-0.1, -0.05) is 12.1 Å². The molecule has 0 saturated carbocycles. The van der Waals surface area contributed by atoms with Crippen molar-refractivity contribution >= 4 is 11.8 Å². The van der Waals surface area contributed by atoms with E-state index in [1.165, 1.54) is 34.6 Å². The number of hydrogen-bond donors (Lipinski definition) is 2. The van der Waals surface area contributed by atoms with Crippen LogP contribution in [0.3, 0.4) is 0 Å². The van der Waals surface area contributed by atoms with Gasteiger partial charge in [0.25, 0.3) is 0 Å². The molecule has 1 fully saturated rings. The Morgan fingerprint density at radius 1 is 1.28 bits per heavy atom. The molecule has 0 spiro atoms. The minimum absolute atomic E-state index is 0.0596. The van der Waals surface area contributed by atoms with Crippen LogP contribution in [0.5, 0.6) is 0 Å². The molecule has 0 aromatic heterocycles. The van der Waals surface area contributed by atoms with Gasteiger partial charge in [0.05, 0.1) is 6.17 Å². The van der Waals surface area contributed by atoms with Gasteiger partial charge < -0.3 is 11.1 Å². The zero-order chi connectivity index (χ0) is 12.4. The van der Waals surface area contributed by atoms with Gasteiger partial charge in [-0.3, -0.25) is 4.90 Å². The summed E-state index contributed by atoms with van der Waals surface area (Å²) in [5.41, 5.74) is 9.17. The minimum atomic E-state index is 0.0596. The molecule has 3 rings (SSSR count). The van der Waals surface area contributed by atoms with Crippen LogP contribution in [-0.2, 0) is 6.42 Å². The van der Waals surface area contributed by atoms with Gasteiger partial charge in [-0.15, -0.1) is 11.8 Å². The fourth-order valence-corrected chi connectivity index (χ4v) is 3.75. The van der Waals surface area contributed by atoms with E-state index in [4.69, 9.17) is 5.73 Å². The highest BCUT2D eigenvalue weighted by Gasteiger charge is 2.19. The molecule has 1 aromatic carbocycles. The average Bonchev–Trinajstić information content (AvgIpc) is 2.47. The summed E-state index contributed by atoms with van der Waals surface area (Å²) in [6.45, 7) is 4.20. The number of nitrogens with one attached hydrogen (secondary N) is 1. The summed E-state index contributed by atoms with van der Waals surface area (Å²) in [5, 5.41) is 3.37. The third-order valence-electron chi connectivity index (χ3n) is 3.82. The second-order valence-corrected chi connectivity index (χ2v) is 6.19. The van der Waals surface area contributed by atoms with Crippen molar-refractivity contribution in [3.05, 3.63) is 29.3 Å². The van der Waals surface area contributed by atoms with Crippen molar-refractivity contribution in [2.24, 2.45) is 5.73 Å². The van der Waals surface area contributed by atoms with Crippen LogP contribution in [0.1, 0.15) is 23.7 Å². The predicted octanol–water partition coefficient (Wildman–Crippen LogP) is 1.59. The Balaban J connectivity index is 1.78. The maximum atomic E-state index is 6.39. The first kappa shape index (κ1) is 12.5. The summed E-state index contributed by atoms with van der Waals surface area (Å²) >= 11 is 1.98. The molecule has 0 aliphatic carbocycles. The molecule has 3 nitrogen and oxygen atoms in total. The van der Waals surface area contributed by atoms with Crippen molar-refractivity contribution in [3.8, 4) is 0 Å². The molecular formula is C14H21N3S. The topological polar surface area (TPSA) is 41.3 Å². The van der Waals surface area contributed by atoms with E-state index in [1.807, 2.05) is 11.8 Å². The Morgan fingerprint density at radius 3 is 2.94 bits per heavy atom. The zero-order valence-electron chi connectivity index (χ0n) is 10.7. The number of hydrogen-bond acceptors (Lipinski definition) is 4. The fourth-order valence-electron chi connectivity index (χ4n) is 2.74. The van der Waals surface area contributed by atoms with E-state index in [-0.39, 0.29) is 6.17 Å². The van der Waals surface area contributed by atoms with Crippen LogP contribution < -0.4 is 11.1 Å². The van der Waals surface area contributed by atoms with Crippen LogP contribution in [0.25, 0.3) is 0 Å². The lowest BCUT2D eigenvalue weighted by Gasteiger charge is -2.33. The highest BCUT2D eigenvalue weighted by molar-refractivity contribution is 7.99. The number of rotatable bonds is 2. The van der Waals surface area contributed by atoms with E-state index in [0.717, 1.165) is 26.2 Å². The van der Waals surface area contributed by atoms with Crippen LogP contribution in [0.2, 0.25) is 0 Å². The van der Waals surface area contributed by atoms with E-state index in [9.17, 15) is 0 Å². The molecule has 0 radical (unpaired) electrons. The maximum Gasteiger partial charge on any atom is 0.0836 e. The summed E-state index contributed by atoms with van der Waals surface area (Å²) in [5.74, 6) is 1.26. The Kier molecular flexibility index (Phi) is 3.89. The van der Waals surface area contributed by atoms with Gasteiger partial charge in [-0.25, -0.2) is 0 Å². The number of aryl methyl sites for hydroxylation is 1. The average molecular weight is 263 g/mol. The van der Waals surface area contributed by atoms with Gasteiger partial charge in [-0.05, 0) is 35.8 Å². The summed E-state index contributed by atoms with van der Waals surface area (Å²) in [6.07, 6.45) is 2.57. The highest BCUT2D eigenvalue weighted by atomic mass is 32.2. The highest BCUT2D eigenvalue weighted by Crippen LogP contribution is 2.31. The van der Waals surface area contributed by atoms with Crippen LogP contribution in [-0.4, -0.2) is 36.8 Å². The Bertz CT molecular complexity index is 416. The molecule has 0 amide bonds. The Labute approximate surface area is 113 Å². The number of nitrogens with zero attached hydrogens (tertiary/aromatic N) is 1. The molecular weight excluding hydrogens is 242 g/mol. The van der Waals surface area contributed by atoms with Gasteiger partial charge in [0.2, 0.25) is 0 Å². The number of benzene rings is 1. The maximum absolute atomic E-state index is 6.39. The quantitative estimate of drug-likeness (QED) is 0.850. The van der Waals surface area contributed by atoms with E-state index in [0.29, 0.717) is 0 Å². The third-order valence-corrected chi connectivity index (χ3v) is 5.02. The lowest BCUT2D eigenvalue weighted by molar-refractivity contribution is 0.177. The van der Waals surface area contributed by atoms with Crippen LogP contribution in [0.15, 0.2) is 23.1 Å². The third kappa shape index (κ3) is 2.57. The predicted molar refractivity (Wildman–Crippen MR) is 76.9 cm³/mol. The van der Waals surface area contributed by atoms with Crippen molar-refractivity contribution in [2.75, 3.05) is 31.9 Å². The minimum Gasteiger partial charge on any atom is -0.314 e. The molecule has 3 N–H and O–H groups in total. The smallest absolute Gasteiger partial charge is 0.0836 e. The van der Waals surface area contributed by atoms with E-state index in [2.05, 4.69) is 28.4 Å². The van der Waals surface area contributed by atoms with E-state index < -0.39 is 0 Å². The Hall–Kier alpha value is -0.550. The second-order valence-electron chi connectivity index (χ2n) is 5.05. The van der Waals surface area contributed by atoms with Crippen LogP contribution in [0.4, 0.5) is 0 Å². The fraction of sp³-hybridized carbons (Fsp3) is 0.571. The number of fused-ring (bicyclic) bond motifs is 1. The van der Waals surface area contributed by atoms with Crippen molar-refractivity contribution in [1.82, 2.24) is 10.2 Å². The van der Waals surface area contributed by atoms with E-state index in [1.54, 1.807) is 0 Å². The summed E-state index contributed by atoms with van der Waals surface area (Å²) < 4.78 is 0. The van der Waals surface area contributed by atoms with Crippen LogP contribution in [0, 0.1) is 0 Å². The van der Waals surface area contributed by atoms with Crippen molar-refractivity contribution in [2.45, 2.75) is 23.9 Å². The lowest BCUT2D eigenvalue weighted by atomic mass is 10.0. The van der Waals surface area contributed by atoms with E-state index >= 15 is 0 Å². The normalized spacial score (nSPS) is 22.5. The second kappa shape index (κ2) is 5.61. The summed E-state index contributed by atoms with van der Waals surface area (Å²) in [6, 6.07) is 6.80. The first-order valence-corrected chi connectivity index (χ1v) is 7.79. The molecule has 1 aromatic rings. The van der Waals surface area contributed by atoms with Gasteiger partial charge >= 0.3 is 0 Å². The molecule has 1 saturated heterocycles. The zero-order valence-corrected chi connectivity index (χ0v) is 11.5. The molecule has 1 unspecified atom stereocenters. The van der Waals surface area contributed by atoms with Gasteiger partial charge in [0.1, 0.15) is 0 Å². The van der Waals surface area contributed by atoms with Gasteiger partial charge in [0.15, 0.2) is 0 Å². The number of nitrogens with two attached hydrogens (primary N) is 1. The van der Waals surface area contributed by atoms with Crippen LogP contribution >= 0.6 is 11.8 Å². The summed E-state index contributed by atoms with van der Waals surface area (Å²) in [4.78, 5) is 3.83. The molecule has 2 heterocycles. The largest absolute Gasteiger partial charge is 0.314 e. The van der Waals surface area contributed by atoms with Gasteiger partial charge in [-0.2, -0.15) is 0 Å². The van der Waals surface area contributed by atoms with Crippen molar-refractivity contribution in [1.29, 1.82) is 0 Å². The first-order valence-electron chi connectivity index (χ1n) is 6.80. The molecule has 98 valence electrons. The molecule has 0 bridgehead atoms. The summed E-state index contributed by atoms with van der Waals surface area (Å²) in [7, 11) is 0.